The van der Waals surface area contributed by atoms with Crippen molar-refractivity contribution in [3.63, 3.8) is 0 Å². The fourth-order valence-electron chi connectivity index (χ4n) is 3.82. The molecule has 0 saturated carbocycles. The third-order valence-electron chi connectivity index (χ3n) is 5.62. The summed E-state index contributed by atoms with van der Waals surface area (Å²) < 4.78 is 0. The number of carbonyl (C=O) groups is 5. The van der Waals surface area contributed by atoms with Crippen LogP contribution in [0.3, 0.4) is 0 Å². The second kappa shape index (κ2) is 14.0. The van der Waals surface area contributed by atoms with Crippen molar-refractivity contribution in [2.24, 2.45) is 0 Å². The van der Waals surface area contributed by atoms with Crippen molar-refractivity contribution in [2.75, 3.05) is 78.5 Å². The number of carboxylic acids is 2. The summed E-state index contributed by atoms with van der Waals surface area (Å²) in [5.41, 5.74) is 0. The molecule has 2 heterocycles. The second-order valence-electron chi connectivity index (χ2n) is 8.44. The average Bonchev–Trinajstić information content (AvgIpc) is 3.06. The van der Waals surface area contributed by atoms with Crippen molar-refractivity contribution in [1.82, 2.24) is 24.7 Å². The third kappa shape index (κ3) is 10.6. The molecule has 15 nitrogen and oxygen atoms in total. The lowest BCUT2D eigenvalue weighted by Crippen LogP contribution is -2.49. The molecule has 15 heteroatoms. The number of hydrogen-bond acceptors (Lipinski definition) is 12. The van der Waals surface area contributed by atoms with Crippen molar-refractivity contribution < 1.29 is 49.2 Å². The molecule has 2 aliphatic heterocycles. The lowest BCUT2D eigenvalue weighted by atomic mass is 10.3. The normalized spacial score (nSPS) is 20.6. The fourth-order valence-corrected chi connectivity index (χ4v) is 3.82. The van der Waals surface area contributed by atoms with Crippen LogP contribution in [0.2, 0.25) is 0 Å². The maximum atomic E-state index is 12.4. The quantitative estimate of drug-likeness (QED) is 0.177. The maximum absolute atomic E-state index is 12.4. The number of hydrogen-bond donors (Lipinski definition) is 4. The predicted octanol–water partition coefficient (Wildman–Crippen LogP) is -3.70. The highest BCUT2D eigenvalue weighted by Crippen LogP contribution is 2.12. The molecule has 0 aromatic heterocycles. The molecule has 198 valence electrons. The van der Waals surface area contributed by atoms with Gasteiger partial charge in [-0.15, -0.1) is 5.06 Å². The van der Waals surface area contributed by atoms with Crippen LogP contribution in [0.25, 0.3) is 0 Å². The largest absolute Gasteiger partial charge is 0.480 e. The first-order valence-electron chi connectivity index (χ1n) is 11.3. The number of amides is 2. The van der Waals surface area contributed by atoms with Crippen LogP contribution >= 0.6 is 0 Å². The molecular weight excluding hydrogens is 470 g/mol. The average molecular weight is 504 g/mol. The van der Waals surface area contributed by atoms with Crippen LogP contribution in [0, 0.1) is 0 Å². The molecule has 0 radical (unpaired) electrons. The predicted molar refractivity (Wildman–Crippen MR) is 116 cm³/mol. The zero-order valence-electron chi connectivity index (χ0n) is 19.5. The first-order valence-corrected chi connectivity index (χ1v) is 11.3. The molecule has 0 bridgehead atoms. The molecule has 4 N–H and O–H groups in total. The van der Waals surface area contributed by atoms with E-state index in [4.69, 9.17) is 4.84 Å². The molecular formula is C20H33N5O10. The standard InChI is InChI=1S/C20H33N5O10/c26-15-1-2-16(27)25(15)35-20(34)14-24-9-7-22(12-18(30)31)5-3-21(11-17(28)29)4-6-23(8-10-24)13-19(32)33/h18,30-31H,1-14H2,(H,28,29)(H,32,33). The van der Waals surface area contributed by atoms with Crippen molar-refractivity contribution in [1.29, 1.82) is 0 Å². The molecule has 2 rings (SSSR count). The van der Waals surface area contributed by atoms with Gasteiger partial charge in [0.1, 0.15) is 0 Å². The molecule has 0 aromatic carbocycles. The summed E-state index contributed by atoms with van der Waals surface area (Å²) in [7, 11) is 0. The topological polar surface area (TPSA) is 192 Å². The van der Waals surface area contributed by atoms with Gasteiger partial charge in [0.05, 0.1) is 19.6 Å². The fraction of sp³-hybridized carbons (Fsp3) is 0.750. The lowest BCUT2D eigenvalue weighted by Gasteiger charge is -2.33. The molecule has 35 heavy (non-hydrogen) atoms. The Morgan fingerprint density at radius 1 is 0.686 bits per heavy atom. The Labute approximate surface area is 202 Å². The first-order chi connectivity index (χ1) is 16.5. The van der Waals surface area contributed by atoms with Crippen molar-refractivity contribution in [2.45, 2.75) is 19.1 Å². The van der Waals surface area contributed by atoms with Crippen molar-refractivity contribution in [3.05, 3.63) is 0 Å². The molecule has 2 saturated heterocycles. The molecule has 0 atom stereocenters. The van der Waals surface area contributed by atoms with Crippen LogP contribution in [-0.2, 0) is 28.8 Å². The van der Waals surface area contributed by atoms with Crippen LogP contribution in [0.1, 0.15) is 12.8 Å². The minimum Gasteiger partial charge on any atom is -0.480 e. The van der Waals surface area contributed by atoms with E-state index in [-0.39, 0.29) is 78.3 Å². The van der Waals surface area contributed by atoms with Gasteiger partial charge in [-0.25, -0.2) is 4.79 Å². The number of imide groups is 1. The zero-order valence-corrected chi connectivity index (χ0v) is 19.5. The van der Waals surface area contributed by atoms with Gasteiger partial charge in [-0.2, -0.15) is 0 Å². The number of aliphatic hydroxyl groups is 2. The lowest BCUT2D eigenvalue weighted by molar-refractivity contribution is -0.198. The van der Waals surface area contributed by atoms with Crippen LogP contribution < -0.4 is 0 Å². The van der Waals surface area contributed by atoms with Crippen LogP contribution in [0.15, 0.2) is 0 Å². The van der Waals surface area contributed by atoms with Crippen molar-refractivity contribution >= 4 is 29.7 Å². The smallest absolute Gasteiger partial charge is 0.347 e. The number of rotatable bonds is 9. The number of carboxylic acid groups (broad SMARTS) is 2. The summed E-state index contributed by atoms with van der Waals surface area (Å²) in [6.07, 6.45) is -1.68. The Morgan fingerprint density at radius 2 is 1.06 bits per heavy atom. The zero-order chi connectivity index (χ0) is 26.0. The number of aliphatic hydroxyl groups excluding tert-OH is 1. The summed E-state index contributed by atoms with van der Waals surface area (Å²) in [6, 6.07) is 0. The first kappa shape index (κ1) is 28.5. The van der Waals surface area contributed by atoms with E-state index in [9.17, 15) is 44.4 Å². The summed E-state index contributed by atoms with van der Waals surface area (Å²) in [5, 5.41) is 37.8. The minimum absolute atomic E-state index is 0.0304. The van der Waals surface area contributed by atoms with Crippen LogP contribution in [-0.4, -0.2) is 160 Å². The summed E-state index contributed by atoms with van der Waals surface area (Å²) in [5.74, 6) is -4.11. The molecule has 0 spiro atoms. The molecule has 0 aliphatic carbocycles. The summed E-state index contributed by atoms with van der Waals surface area (Å²) >= 11 is 0. The maximum Gasteiger partial charge on any atom is 0.347 e. The van der Waals surface area contributed by atoms with Gasteiger partial charge in [-0.05, 0) is 0 Å². The van der Waals surface area contributed by atoms with Gasteiger partial charge in [0.15, 0.2) is 6.29 Å². The third-order valence-corrected chi connectivity index (χ3v) is 5.62. The Bertz CT molecular complexity index is 763. The van der Waals surface area contributed by atoms with Gasteiger partial charge in [-0.1, -0.05) is 0 Å². The Hall–Kier alpha value is -2.69. The number of nitrogens with zero attached hydrogens (tertiary/aromatic N) is 5. The highest BCUT2D eigenvalue weighted by molar-refractivity contribution is 6.01. The van der Waals surface area contributed by atoms with Gasteiger partial charge in [0, 0.05) is 71.7 Å². The summed E-state index contributed by atoms with van der Waals surface area (Å²) in [4.78, 5) is 70.0. The van der Waals surface area contributed by atoms with Gasteiger partial charge in [-0.3, -0.25) is 38.8 Å². The van der Waals surface area contributed by atoms with Crippen LogP contribution in [0.5, 0.6) is 0 Å². The SMILES string of the molecule is O=C(O)CN1CCN(CC(=O)O)CCN(CC(O)O)CCN(CC(=O)ON2C(=O)CCC2=O)CC1. The highest BCUT2D eigenvalue weighted by atomic mass is 16.7. The molecule has 0 unspecified atom stereocenters. The summed E-state index contributed by atoms with van der Waals surface area (Å²) in [6.45, 7) is 1.24. The van der Waals surface area contributed by atoms with Crippen molar-refractivity contribution in [3.8, 4) is 0 Å². The van der Waals surface area contributed by atoms with Gasteiger partial charge in [0.2, 0.25) is 0 Å². The van der Waals surface area contributed by atoms with E-state index >= 15 is 0 Å². The van der Waals surface area contributed by atoms with E-state index in [1.807, 2.05) is 0 Å². The number of hydroxylamine groups is 2. The van der Waals surface area contributed by atoms with E-state index < -0.39 is 36.0 Å². The molecule has 2 aliphatic rings. The molecule has 2 amide bonds. The van der Waals surface area contributed by atoms with Gasteiger partial charge >= 0.3 is 17.9 Å². The Balaban J connectivity index is 2.10. The number of aliphatic carboxylic acids is 2. The van der Waals surface area contributed by atoms with E-state index in [1.165, 1.54) is 0 Å². The number of carbonyl (C=O) groups excluding carboxylic acids is 3. The minimum atomic E-state index is -1.62. The van der Waals surface area contributed by atoms with Gasteiger partial charge in [0.25, 0.3) is 11.8 Å². The van der Waals surface area contributed by atoms with E-state index in [1.54, 1.807) is 19.6 Å². The monoisotopic (exact) mass is 503 g/mol. The van der Waals surface area contributed by atoms with E-state index in [0.717, 1.165) is 0 Å². The Kier molecular flexibility index (Phi) is 11.4. The van der Waals surface area contributed by atoms with E-state index in [2.05, 4.69) is 0 Å². The highest BCUT2D eigenvalue weighted by Gasteiger charge is 2.33. The Morgan fingerprint density at radius 3 is 1.43 bits per heavy atom. The second-order valence-corrected chi connectivity index (χ2v) is 8.44. The molecule has 0 aromatic rings. The molecule has 2 fully saturated rings. The van der Waals surface area contributed by atoms with E-state index in [0.29, 0.717) is 18.2 Å². The van der Waals surface area contributed by atoms with Crippen LogP contribution in [0.4, 0.5) is 0 Å². The van der Waals surface area contributed by atoms with Gasteiger partial charge < -0.3 is 25.3 Å². The number of β-amino-alcohol motifs (C(OH)–C–C–N with tert-alkyl or cyclic N) is 2.